The molecule has 0 bridgehead atoms. The first-order valence-corrected chi connectivity index (χ1v) is 6.62. The summed E-state index contributed by atoms with van der Waals surface area (Å²) in [6.07, 6.45) is 0.309. The van der Waals surface area contributed by atoms with Gasteiger partial charge in [-0.05, 0) is 34.5 Å². The molecule has 0 aliphatic rings. The molecule has 18 heavy (non-hydrogen) atoms. The van der Waals surface area contributed by atoms with E-state index in [9.17, 15) is 0 Å². The molecule has 1 aromatic heterocycles. The molecule has 2 rings (SSSR count). The Labute approximate surface area is 110 Å². The van der Waals surface area contributed by atoms with Crippen LogP contribution in [0.1, 0.15) is 17.2 Å². The lowest BCUT2D eigenvalue weighted by atomic mass is 10.1. The summed E-state index contributed by atoms with van der Waals surface area (Å²) in [5.41, 5.74) is 7.82. The number of nitrogens with zero attached hydrogens (tertiary/aromatic N) is 1. The largest absolute Gasteiger partial charge is 0.484 e. The van der Waals surface area contributed by atoms with E-state index in [2.05, 4.69) is 6.07 Å². The van der Waals surface area contributed by atoms with Crippen LogP contribution in [0, 0.1) is 11.3 Å². The Morgan fingerprint density at radius 3 is 2.61 bits per heavy atom. The number of hydrogen-bond acceptors (Lipinski definition) is 4. The van der Waals surface area contributed by atoms with Gasteiger partial charge in [0.15, 0.2) is 0 Å². The SMILES string of the molecule is N#CCc1ccc(OC(CN)c2ccsc2)cc1. The van der Waals surface area contributed by atoms with Crippen molar-refractivity contribution in [1.82, 2.24) is 0 Å². The van der Waals surface area contributed by atoms with Crippen LogP contribution in [0.15, 0.2) is 41.1 Å². The number of nitrogens with two attached hydrogens (primary N) is 1. The van der Waals surface area contributed by atoms with Crippen LogP contribution in [0.2, 0.25) is 0 Å². The lowest BCUT2D eigenvalue weighted by Gasteiger charge is -2.16. The second kappa shape index (κ2) is 6.20. The average Bonchev–Trinajstić information content (AvgIpc) is 2.92. The van der Waals surface area contributed by atoms with Gasteiger partial charge < -0.3 is 10.5 Å². The van der Waals surface area contributed by atoms with Crippen LogP contribution < -0.4 is 10.5 Å². The van der Waals surface area contributed by atoms with Gasteiger partial charge in [-0.1, -0.05) is 12.1 Å². The summed E-state index contributed by atoms with van der Waals surface area (Å²) in [6, 6.07) is 11.7. The molecule has 0 aliphatic heterocycles. The van der Waals surface area contributed by atoms with Crippen LogP contribution in [0.4, 0.5) is 0 Å². The van der Waals surface area contributed by atoms with Crippen molar-refractivity contribution in [3.63, 3.8) is 0 Å². The highest BCUT2D eigenvalue weighted by atomic mass is 32.1. The molecule has 1 aromatic carbocycles. The molecule has 0 saturated heterocycles. The molecule has 4 heteroatoms. The highest BCUT2D eigenvalue weighted by Gasteiger charge is 2.11. The Morgan fingerprint density at radius 2 is 2.06 bits per heavy atom. The van der Waals surface area contributed by atoms with E-state index in [1.807, 2.05) is 41.1 Å². The predicted molar refractivity (Wildman–Crippen MR) is 72.5 cm³/mol. The number of thiophene rings is 1. The Morgan fingerprint density at radius 1 is 1.28 bits per heavy atom. The third-order valence-corrected chi connectivity index (χ3v) is 3.32. The van der Waals surface area contributed by atoms with E-state index in [0.29, 0.717) is 13.0 Å². The Balaban J connectivity index is 2.06. The van der Waals surface area contributed by atoms with Crippen molar-refractivity contribution in [3.8, 4) is 11.8 Å². The fraction of sp³-hybridized carbons (Fsp3) is 0.214. The molecule has 1 unspecified atom stereocenters. The summed E-state index contributed by atoms with van der Waals surface area (Å²) in [4.78, 5) is 0. The van der Waals surface area contributed by atoms with E-state index >= 15 is 0 Å². The van der Waals surface area contributed by atoms with E-state index in [1.54, 1.807) is 11.3 Å². The Kier molecular flexibility index (Phi) is 4.35. The predicted octanol–water partition coefficient (Wildman–Crippen LogP) is 2.89. The molecule has 0 amide bonds. The van der Waals surface area contributed by atoms with Gasteiger partial charge in [0, 0.05) is 12.1 Å². The zero-order valence-corrected chi connectivity index (χ0v) is 10.7. The quantitative estimate of drug-likeness (QED) is 0.897. The first kappa shape index (κ1) is 12.6. The Bertz CT molecular complexity index is 514. The van der Waals surface area contributed by atoms with Crippen LogP contribution >= 0.6 is 11.3 Å². The van der Waals surface area contributed by atoms with Gasteiger partial charge in [0.1, 0.15) is 11.9 Å². The topological polar surface area (TPSA) is 59.0 Å². The molecule has 1 atom stereocenters. The minimum absolute atomic E-state index is 0.113. The van der Waals surface area contributed by atoms with Crippen molar-refractivity contribution in [3.05, 3.63) is 52.2 Å². The third-order valence-electron chi connectivity index (χ3n) is 2.61. The number of ether oxygens (including phenoxy) is 1. The van der Waals surface area contributed by atoms with Gasteiger partial charge in [0.25, 0.3) is 0 Å². The van der Waals surface area contributed by atoms with Crippen LogP contribution in [0.5, 0.6) is 5.75 Å². The second-order valence-corrected chi connectivity index (χ2v) is 4.66. The van der Waals surface area contributed by atoms with E-state index < -0.39 is 0 Å². The van der Waals surface area contributed by atoms with Gasteiger partial charge in [0.05, 0.1) is 12.5 Å². The lowest BCUT2D eigenvalue weighted by Crippen LogP contribution is -2.17. The minimum Gasteiger partial charge on any atom is -0.484 e. The molecule has 0 spiro atoms. The maximum Gasteiger partial charge on any atom is 0.137 e. The van der Waals surface area contributed by atoms with E-state index in [4.69, 9.17) is 15.7 Å². The van der Waals surface area contributed by atoms with Crippen LogP contribution in [0.3, 0.4) is 0 Å². The number of rotatable bonds is 5. The maximum atomic E-state index is 8.60. The van der Waals surface area contributed by atoms with Gasteiger partial charge in [-0.15, -0.1) is 0 Å². The summed E-state index contributed by atoms with van der Waals surface area (Å²) >= 11 is 1.63. The molecular weight excluding hydrogens is 244 g/mol. The molecule has 1 heterocycles. The number of benzene rings is 1. The second-order valence-electron chi connectivity index (χ2n) is 3.88. The number of nitriles is 1. The molecule has 3 nitrogen and oxygen atoms in total. The van der Waals surface area contributed by atoms with Crippen molar-refractivity contribution >= 4 is 11.3 Å². The summed E-state index contributed by atoms with van der Waals surface area (Å²) < 4.78 is 5.84. The average molecular weight is 258 g/mol. The molecule has 0 saturated carbocycles. The fourth-order valence-electron chi connectivity index (χ4n) is 1.65. The maximum absolute atomic E-state index is 8.60. The molecular formula is C14H14N2OS. The lowest BCUT2D eigenvalue weighted by molar-refractivity contribution is 0.214. The highest BCUT2D eigenvalue weighted by Crippen LogP contribution is 2.23. The zero-order valence-electron chi connectivity index (χ0n) is 9.87. The minimum atomic E-state index is -0.113. The molecule has 2 aromatic rings. The van der Waals surface area contributed by atoms with Crippen LogP contribution in [-0.4, -0.2) is 6.54 Å². The summed E-state index contributed by atoms with van der Waals surface area (Å²) in [7, 11) is 0. The molecule has 0 radical (unpaired) electrons. The monoisotopic (exact) mass is 258 g/mol. The molecule has 0 fully saturated rings. The fourth-order valence-corrected chi connectivity index (χ4v) is 2.35. The summed E-state index contributed by atoms with van der Waals surface area (Å²) in [6.45, 7) is 0.441. The van der Waals surface area contributed by atoms with Gasteiger partial charge in [-0.25, -0.2) is 0 Å². The molecule has 0 aliphatic carbocycles. The Hall–Kier alpha value is -1.83. The summed E-state index contributed by atoms with van der Waals surface area (Å²) in [5.74, 6) is 0.776. The summed E-state index contributed by atoms with van der Waals surface area (Å²) in [5, 5.41) is 12.7. The van der Waals surface area contributed by atoms with Crippen molar-refractivity contribution in [2.24, 2.45) is 5.73 Å². The molecule has 92 valence electrons. The van der Waals surface area contributed by atoms with Crippen molar-refractivity contribution < 1.29 is 4.74 Å². The van der Waals surface area contributed by atoms with Gasteiger partial charge in [-0.3, -0.25) is 0 Å². The van der Waals surface area contributed by atoms with E-state index in [0.717, 1.165) is 16.9 Å². The van der Waals surface area contributed by atoms with Gasteiger partial charge in [0.2, 0.25) is 0 Å². The van der Waals surface area contributed by atoms with E-state index in [-0.39, 0.29) is 6.10 Å². The van der Waals surface area contributed by atoms with Gasteiger partial charge in [-0.2, -0.15) is 16.6 Å². The van der Waals surface area contributed by atoms with Crippen LogP contribution in [0.25, 0.3) is 0 Å². The number of hydrogen-bond donors (Lipinski definition) is 1. The normalized spacial score (nSPS) is 11.8. The first-order chi connectivity index (χ1) is 8.83. The van der Waals surface area contributed by atoms with Gasteiger partial charge >= 0.3 is 0 Å². The van der Waals surface area contributed by atoms with Crippen molar-refractivity contribution in [1.29, 1.82) is 5.26 Å². The first-order valence-electron chi connectivity index (χ1n) is 5.68. The standard InChI is InChI=1S/C14H14N2OS/c15-7-5-11-1-3-13(4-2-11)17-14(9-16)12-6-8-18-10-12/h1-4,6,8,10,14H,5,9,16H2. The van der Waals surface area contributed by atoms with E-state index in [1.165, 1.54) is 0 Å². The zero-order chi connectivity index (χ0) is 12.8. The molecule has 2 N–H and O–H groups in total. The van der Waals surface area contributed by atoms with Crippen LogP contribution in [-0.2, 0) is 6.42 Å². The van der Waals surface area contributed by atoms with Crippen molar-refractivity contribution in [2.75, 3.05) is 6.54 Å². The van der Waals surface area contributed by atoms with Crippen molar-refractivity contribution in [2.45, 2.75) is 12.5 Å². The highest BCUT2D eigenvalue weighted by molar-refractivity contribution is 7.07. The third kappa shape index (κ3) is 3.10. The smallest absolute Gasteiger partial charge is 0.137 e.